The second kappa shape index (κ2) is 6.89. The second-order valence-electron chi connectivity index (χ2n) is 5.25. The van der Waals surface area contributed by atoms with Gasteiger partial charge in [0.05, 0.1) is 12.2 Å². The van der Waals surface area contributed by atoms with Gasteiger partial charge in [-0.3, -0.25) is 4.90 Å². The fourth-order valence-electron chi connectivity index (χ4n) is 2.49. The van der Waals surface area contributed by atoms with Gasteiger partial charge in [-0.2, -0.15) is 0 Å². The zero-order valence-electron chi connectivity index (χ0n) is 11.7. The molecule has 0 bridgehead atoms. The number of aliphatic hydroxyl groups excluding tert-OH is 1. The van der Waals surface area contributed by atoms with Crippen molar-refractivity contribution in [3.63, 3.8) is 0 Å². The third-order valence-corrected chi connectivity index (χ3v) is 3.15. The van der Waals surface area contributed by atoms with E-state index < -0.39 is 6.10 Å². The van der Waals surface area contributed by atoms with Crippen LogP contribution in [-0.2, 0) is 4.74 Å². The predicted octanol–water partition coefficient (Wildman–Crippen LogP) is 1.54. The first-order valence-corrected chi connectivity index (χ1v) is 6.87. The lowest BCUT2D eigenvalue weighted by Crippen LogP contribution is -2.48. The molecule has 106 valence electrons. The van der Waals surface area contributed by atoms with E-state index in [1.165, 1.54) is 0 Å². The van der Waals surface area contributed by atoms with E-state index in [0.29, 0.717) is 13.2 Å². The molecule has 0 spiro atoms. The summed E-state index contributed by atoms with van der Waals surface area (Å²) in [5.74, 6) is 0.797. The highest BCUT2D eigenvalue weighted by molar-refractivity contribution is 5.20. The number of morpholine rings is 1. The normalized spacial score (nSPS) is 26.1. The number of rotatable bonds is 5. The number of nitrogens with zero attached hydrogens (tertiary/aromatic N) is 1. The van der Waals surface area contributed by atoms with Gasteiger partial charge in [-0.25, -0.2) is 0 Å². The van der Waals surface area contributed by atoms with Crippen molar-refractivity contribution in [3.8, 4) is 5.75 Å². The van der Waals surface area contributed by atoms with E-state index in [2.05, 4.69) is 18.7 Å². The lowest BCUT2D eigenvalue weighted by molar-refractivity contribution is -0.0786. The smallest absolute Gasteiger partial charge is 0.119 e. The van der Waals surface area contributed by atoms with Crippen molar-refractivity contribution in [2.24, 2.45) is 0 Å². The quantitative estimate of drug-likeness (QED) is 0.877. The zero-order valence-corrected chi connectivity index (χ0v) is 11.7. The Morgan fingerprint density at radius 1 is 1.26 bits per heavy atom. The highest BCUT2D eigenvalue weighted by Gasteiger charge is 2.23. The number of benzene rings is 1. The Labute approximate surface area is 114 Å². The summed E-state index contributed by atoms with van der Waals surface area (Å²) in [6.07, 6.45) is -0.0188. The highest BCUT2D eigenvalue weighted by Crippen LogP contribution is 2.12. The molecule has 4 heteroatoms. The molecule has 19 heavy (non-hydrogen) atoms. The highest BCUT2D eigenvalue weighted by atomic mass is 16.5. The van der Waals surface area contributed by atoms with Crippen LogP contribution in [0, 0.1) is 0 Å². The molecule has 1 fully saturated rings. The van der Waals surface area contributed by atoms with Crippen molar-refractivity contribution in [3.05, 3.63) is 30.3 Å². The van der Waals surface area contributed by atoms with E-state index >= 15 is 0 Å². The fraction of sp³-hybridized carbons (Fsp3) is 0.600. The summed E-state index contributed by atoms with van der Waals surface area (Å²) >= 11 is 0. The molecular formula is C15H23NO3. The van der Waals surface area contributed by atoms with Gasteiger partial charge in [0, 0.05) is 19.6 Å². The Balaban J connectivity index is 1.73. The lowest BCUT2D eigenvalue weighted by atomic mass is 10.2. The van der Waals surface area contributed by atoms with Crippen LogP contribution in [0.2, 0.25) is 0 Å². The van der Waals surface area contributed by atoms with Gasteiger partial charge in [0.2, 0.25) is 0 Å². The van der Waals surface area contributed by atoms with Crippen LogP contribution in [0.1, 0.15) is 13.8 Å². The van der Waals surface area contributed by atoms with Crippen molar-refractivity contribution >= 4 is 0 Å². The molecule has 1 N–H and O–H groups in total. The Bertz CT molecular complexity index is 361. The van der Waals surface area contributed by atoms with Gasteiger partial charge < -0.3 is 14.6 Å². The van der Waals surface area contributed by atoms with Crippen molar-refractivity contribution in [2.45, 2.75) is 32.2 Å². The Kier molecular flexibility index (Phi) is 5.19. The minimum atomic E-state index is -0.474. The monoisotopic (exact) mass is 265 g/mol. The van der Waals surface area contributed by atoms with Gasteiger partial charge in [0.25, 0.3) is 0 Å². The number of hydrogen-bond acceptors (Lipinski definition) is 4. The molecule has 0 radical (unpaired) electrons. The maximum Gasteiger partial charge on any atom is 0.119 e. The van der Waals surface area contributed by atoms with Crippen LogP contribution >= 0.6 is 0 Å². The molecule has 1 aromatic rings. The second-order valence-corrected chi connectivity index (χ2v) is 5.25. The molecule has 0 unspecified atom stereocenters. The van der Waals surface area contributed by atoms with Gasteiger partial charge >= 0.3 is 0 Å². The summed E-state index contributed by atoms with van der Waals surface area (Å²) < 4.78 is 11.2. The molecule has 3 atom stereocenters. The number of para-hydroxylation sites is 1. The lowest BCUT2D eigenvalue weighted by Gasteiger charge is -2.36. The summed E-state index contributed by atoms with van der Waals surface area (Å²) in [5, 5.41) is 10.0. The molecule has 1 aromatic carbocycles. The topological polar surface area (TPSA) is 41.9 Å². The first kappa shape index (κ1) is 14.3. The van der Waals surface area contributed by atoms with Crippen molar-refractivity contribution in [2.75, 3.05) is 26.2 Å². The van der Waals surface area contributed by atoms with E-state index in [0.717, 1.165) is 18.8 Å². The average molecular weight is 265 g/mol. The molecule has 0 aliphatic carbocycles. The van der Waals surface area contributed by atoms with E-state index in [9.17, 15) is 5.11 Å². The maximum atomic E-state index is 10.0. The number of aliphatic hydroxyl groups is 1. The molecule has 1 saturated heterocycles. The number of hydrogen-bond donors (Lipinski definition) is 1. The predicted molar refractivity (Wildman–Crippen MR) is 74.4 cm³/mol. The molecule has 4 nitrogen and oxygen atoms in total. The minimum absolute atomic E-state index is 0.228. The largest absolute Gasteiger partial charge is 0.491 e. The minimum Gasteiger partial charge on any atom is -0.491 e. The van der Waals surface area contributed by atoms with Gasteiger partial charge in [-0.05, 0) is 26.0 Å². The number of β-amino-alcohol motifs (C(OH)–C–C–N with tert-alkyl or cyclic N) is 1. The molecular weight excluding hydrogens is 242 g/mol. The molecule has 1 aliphatic rings. The van der Waals surface area contributed by atoms with Crippen molar-refractivity contribution in [1.29, 1.82) is 0 Å². The number of ether oxygens (including phenoxy) is 2. The summed E-state index contributed by atoms with van der Waals surface area (Å²) in [5.41, 5.74) is 0. The van der Waals surface area contributed by atoms with Gasteiger partial charge in [-0.15, -0.1) is 0 Å². The summed E-state index contributed by atoms with van der Waals surface area (Å²) in [6, 6.07) is 9.58. The fourth-order valence-corrected chi connectivity index (χ4v) is 2.49. The Hall–Kier alpha value is -1.10. The standard InChI is InChI=1S/C15H23NO3/c1-12-8-16(9-13(2)19-12)10-14(17)11-18-15-6-4-3-5-7-15/h3-7,12-14,17H,8-11H2,1-2H3/t12-,13-,14-/m1/s1. The Morgan fingerprint density at radius 3 is 2.53 bits per heavy atom. The summed E-state index contributed by atoms with van der Waals surface area (Å²) in [7, 11) is 0. The van der Waals surface area contributed by atoms with E-state index in [4.69, 9.17) is 9.47 Å². The molecule has 0 aromatic heterocycles. The third-order valence-electron chi connectivity index (χ3n) is 3.15. The van der Waals surface area contributed by atoms with E-state index in [1.54, 1.807) is 0 Å². The zero-order chi connectivity index (χ0) is 13.7. The summed E-state index contributed by atoms with van der Waals surface area (Å²) in [4.78, 5) is 2.23. The third kappa shape index (κ3) is 4.82. The van der Waals surface area contributed by atoms with Gasteiger partial charge in [-0.1, -0.05) is 18.2 Å². The van der Waals surface area contributed by atoms with Crippen molar-refractivity contribution in [1.82, 2.24) is 4.90 Å². The van der Waals surface area contributed by atoms with Gasteiger partial charge in [0.1, 0.15) is 18.5 Å². The van der Waals surface area contributed by atoms with Crippen LogP contribution in [0.3, 0.4) is 0 Å². The SMILES string of the molecule is C[C@@H]1CN(C[C@@H](O)COc2ccccc2)C[C@@H](C)O1. The van der Waals surface area contributed by atoms with Crippen molar-refractivity contribution < 1.29 is 14.6 Å². The average Bonchev–Trinajstić information content (AvgIpc) is 2.36. The first-order chi connectivity index (χ1) is 9.13. The molecule has 2 rings (SSSR count). The summed E-state index contributed by atoms with van der Waals surface area (Å²) in [6.45, 7) is 6.82. The van der Waals surface area contributed by atoms with Crippen LogP contribution in [0.25, 0.3) is 0 Å². The van der Waals surface area contributed by atoms with E-state index in [1.807, 2.05) is 30.3 Å². The maximum absolute atomic E-state index is 10.0. The van der Waals surface area contributed by atoms with Crippen LogP contribution in [0.15, 0.2) is 30.3 Å². The van der Waals surface area contributed by atoms with Crippen LogP contribution in [0.5, 0.6) is 5.75 Å². The molecule has 1 aliphatic heterocycles. The molecule has 0 amide bonds. The van der Waals surface area contributed by atoms with Gasteiger partial charge in [0.15, 0.2) is 0 Å². The van der Waals surface area contributed by atoms with Crippen LogP contribution in [0.4, 0.5) is 0 Å². The Morgan fingerprint density at radius 2 is 1.89 bits per heavy atom. The van der Waals surface area contributed by atoms with Crippen LogP contribution < -0.4 is 4.74 Å². The first-order valence-electron chi connectivity index (χ1n) is 6.87. The molecule has 0 saturated carbocycles. The molecule has 1 heterocycles. The van der Waals surface area contributed by atoms with E-state index in [-0.39, 0.29) is 12.2 Å². The van der Waals surface area contributed by atoms with Crippen LogP contribution in [-0.4, -0.2) is 54.6 Å².